The van der Waals surface area contributed by atoms with Crippen molar-refractivity contribution in [2.75, 3.05) is 20.1 Å². The van der Waals surface area contributed by atoms with Crippen LogP contribution >= 0.6 is 0 Å². The molecule has 0 radical (unpaired) electrons. The Hall–Kier alpha value is -0.610. The molecule has 0 amide bonds. The van der Waals surface area contributed by atoms with E-state index in [0.717, 1.165) is 25.9 Å². The van der Waals surface area contributed by atoms with Crippen LogP contribution in [0.1, 0.15) is 47.0 Å². The molecular formula is C14H28N2O2. The first-order valence-corrected chi connectivity index (χ1v) is 6.96. The van der Waals surface area contributed by atoms with Gasteiger partial charge in [0.05, 0.1) is 0 Å². The van der Waals surface area contributed by atoms with Gasteiger partial charge in [0, 0.05) is 37.1 Å². The first-order chi connectivity index (χ1) is 8.27. The van der Waals surface area contributed by atoms with Gasteiger partial charge in [-0.15, -0.1) is 0 Å². The molecule has 2 atom stereocenters. The first-order valence-electron chi connectivity index (χ1n) is 6.96. The third-order valence-corrected chi connectivity index (χ3v) is 4.40. The first kappa shape index (κ1) is 15.4. The maximum atomic E-state index is 10.8. The van der Waals surface area contributed by atoms with Gasteiger partial charge < -0.3 is 5.11 Å². The molecule has 0 saturated carbocycles. The molecule has 1 rings (SSSR count). The average Bonchev–Trinajstić information content (AvgIpc) is 2.29. The fourth-order valence-corrected chi connectivity index (χ4v) is 2.66. The summed E-state index contributed by atoms with van der Waals surface area (Å²) >= 11 is 0. The second kappa shape index (κ2) is 6.02. The Morgan fingerprint density at radius 2 is 2.11 bits per heavy atom. The van der Waals surface area contributed by atoms with Crippen molar-refractivity contribution in [2.24, 2.45) is 0 Å². The maximum Gasteiger partial charge on any atom is 0.303 e. The molecule has 0 aromatic rings. The van der Waals surface area contributed by atoms with E-state index in [0.29, 0.717) is 12.1 Å². The van der Waals surface area contributed by atoms with E-state index in [4.69, 9.17) is 5.11 Å². The van der Waals surface area contributed by atoms with Gasteiger partial charge in [0.25, 0.3) is 0 Å². The summed E-state index contributed by atoms with van der Waals surface area (Å²) in [6.07, 6.45) is 2.13. The molecule has 1 aliphatic heterocycles. The summed E-state index contributed by atoms with van der Waals surface area (Å²) in [6, 6.07) is 0.894. The molecule has 1 fully saturated rings. The van der Waals surface area contributed by atoms with Crippen molar-refractivity contribution >= 4 is 5.97 Å². The minimum Gasteiger partial charge on any atom is -0.481 e. The summed E-state index contributed by atoms with van der Waals surface area (Å²) in [4.78, 5) is 15.6. The van der Waals surface area contributed by atoms with Gasteiger partial charge in [0.1, 0.15) is 0 Å². The van der Waals surface area contributed by atoms with Gasteiger partial charge in [-0.05, 0) is 40.7 Å². The molecule has 106 valence electrons. The van der Waals surface area contributed by atoms with E-state index in [1.165, 1.54) is 0 Å². The van der Waals surface area contributed by atoms with Crippen molar-refractivity contribution in [3.8, 4) is 0 Å². The molecule has 0 aliphatic carbocycles. The van der Waals surface area contributed by atoms with Gasteiger partial charge in [0.2, 0.25) is 0 Å². The van der Waals surface area contributed by atoms with E-state index in [2.05, 4.69) is 44.5 Å². The van der Waals surface area contributed by atoms with Crippen molar-refractivity contribution in [2.45, 2.75) is 64.6 Å². The Balaban J connectivity index is 2.74. The third kappa shape index (κ3) is 3.69. The Morgan fingerprint density at radius 3 is 2.61 bits per heavy atom. The third-order valence-electron chi connectivity index (χ3n) is 4.40. The van der Waals surface area contributed by atoms with E-state index < -0.39 is 5.97 Å². The fourth-order valence-electron chi connectivity index (χ4n) is 2.66. The van der Waals surface area contributed by atoms with Crippen LogP contribution < -0.4 is 0 Å². The molecule has 0 bridgehead atoms. The largest absolute Gasteiger partial charge is 0.481 e. The van der Waals surface area contributed by atoms with Crippen LogP contribution in [0.4, 0.5) is 0 Å². The number of carboxylic acids is 1. The number of hydrogen-bond donors (Lipinski definition) is 1. The monoisotopic (exact) mass is 256 g/mol. The minimum absolute atomic E-state index is 0.170. The number of nitrogens with zero attached hydrogens (tertiary/aromatic N) is 2. The topological polar surface area (TPSA) is 43.8 Å². The maximum absolute atomic E-state index is 10.8. The molecule has 2 unspecified atom stereocenters. The summed E-state index contributed by atoms with van der Waals surface area (Å²) in [7, 11) is 2.14. The van der Waals surface area contributed by atoms with Crippen molar-refractivity contribution < 1.29 is 9.90 Å². The second-order valence-electron chi connectivity index (χ2n) is 6.21. The lowest BCUT2D eigenvalue weighted by Crippen LogP contribution is -2.63. The van der Waals surface area contributed by atoms with Crippen molar-refractivity contribution in [1.29, 1.82) is 0 Å². The lowest BCUT2D eigenvalue weighted by atomic mass is 9.92. The predicted octanol–water partition coefficient (Wildman–Crippen LogP) is 2.04. The zero-order chi connectivity index (χ0) is 13.9. The highest BCUT2D eigenvalue weighted by atomic mass is 16.4. The van der Waals surface area contributed by atoms with Crippen LogP contribution in [-0.4, -0.2) is 58.6 Å². The highest BCUT2D eigenvalue weighted by Crippen LogP contribution is 2.27. The smallest absolute Gasteiger partial charge is 0.303 e. The molecule has 0 aromatic carbocycles. The van der Waals surface area contributed by atoms with E-state index in [-0.39, 0.29) is 12.0 Å². The molecular weight excluding hydrogens is 228 g/mol. The number of carboxylic acid groups (broad SMARTS) is 1. The normalized spacial score (nSPS) is 27.1. The minimum atomic E-state index is -0.688. The molecule has 0 aromatic heterocycles. The van der Waals surface area contributed by atoms with Crippen molar-refractivity contribution in [3.63, 3.8) is 0 Å². The number of likely N-dealkylation sites (N-methyl/N-ethyl adjacent to an activating group) is 1. The summed E-state index contributed by atoms with van der Waals surface area (Å²) in [5, 5.41) is 8.86. The van der Waals surface area contributed by atoms with Gasteiger partial charge >= 0.3 is 5.97 Å². The van der Waals surface area contributed by atoms with Gasteiger partial charge in [0.15, 0.2) is 0 Å². The summed E-state index contributed by atoms with van der Waals surface area (Å²) in [5.41, 5.74) is 0.170. The Bertz CT molecular complexity index is 292. The molecule has 0 spiro atoms. The van der Waals surface area contributed by atoms with Gasteiger partial charge in [-0.2, -0.15) is 0 Å². The van der Waals surface area contributed by atoms with Crippen LogP contribution in [0.3, 0.4) is 0 Å². The van der Waals surface area contributed by atoms with Crippen molar-refractivity contribution in [1.82, 2.24) is 9.80 Å². The van der Waals surface area contributed by atoms with Crippen LogP contribution in [0.2, 0.25) is 0 Å². The van der Waals surface area contributed by atoms with Crippen LogP contribution in [0, 0.1) is 0 Å². The number of piperazine rings is 1. The summed E-state index contributed by atoms with van der Waals surface area (Å²) in [5.74, 6) is -0.688. The Kier molecular flexibility index (Phi) is 5.17. The molecule has 4 heteroatoms. The average molecular weight is 256 g/mol. The van der Waals surface area contributed by atoms with Gasteiger partial charge in [-0.25, -0.2) is 0 Å². The Labute approximate surface area is 111 Å². The molecule has 4 nitrogen and oxygen atoms in total. The fraction of sp³-hybridized carbons (Fsp3) is 0.929. The number of carbonyl (C=O) groups is 1. The van der Waals surface area contributed by atoms with Crippen LogP contribution in [0.5, 0.6) is 0 Å². The van der Waals surface area contributed by atoms with E-state index in [1.54, 1.807) is 0 Å². The van der Waals surface area contributed by atoms with Crippen LogP contribution in [0.25, 0.3) is 0 Å². The van der Waals surface area contributed by atoms with E-state index in [9.17, 15) is 4.79 Å². The zero-order valence-electron chi connectivity index (χ0n) is 12.4. The quantitative estimate of drug-likeness (QED) is 0.817. The van der Waals surface area contributed by atoms with Crippen LogP contribution in [0.15, 0.2) is 0 Å². The zero-order valence-corrected chi connectivity index (χ0v) is 12.4. The Morgan fingerprint density at radius 1 is 1.50 bits per heavy atom. The highest BCUT2D eigenvalue weighted by Gasteiger charge is 2.38. The molecule has 1 N–H and O–H groups in total. The summed E-state index contributed by atoms with van der Waals surface area (Å²) < 4.78 is 0. The second-order valence-corrected chi connectivity index (χ2v) is 6.21. The molecule has 18 heavy (non-hydrogen) atoms. The number of rotatable bonds is 5. The lowest BCUT2D eigenvalue weighted by Gasteiger charge is -2.51. The number of hydrogen-bond acceptors (Lipinski definition) is 3. The predicted molar refractivity (Wildman–Crippen MR) is 73.8 cm³/mol. The summed E-state index contributed by atoms with van der Waals surface area (Å²) in [6.45, 7) is 10.9. The SMILES string of the molecule is CCC(C)N1CC(C)(C)N(C)CC1CCC(=O)O. The molecule has 1 saturated heterocycles. The lowest BCUT2D eigenvalue weighted by molar-refractivity contribution is -0.137. The van der Waals surface area contributed by atoms with E-state index >= 15 is 0 Å². The van der Waals surface area contributed by atoms with Gasteiger partial charge in [-0.1, -0.05) is 6.92 Å². The van der Waals surface area contributed by atoms with Crippen molar-refractivity contribution in [3.05, 3.63) is 0 Å². The van der Waals surface area contributed by atoms with E-state index in [1.807, 2.05) is 0 Å². The van der Waals surface area contributed by atoms with Gasteiger partial charge in [-0.3, -0.25) is 14.6 Å². The standard InChI is InChI=1S/C14H28N2O2/c1-6-11(2)16-10-14(3,4)15(5)9-12(16)7-8-13(17)18/h11-12H,6-10H2,1-5H3,(H,17,18). The molecule has 1 aliphatic rings. The molecule has 1 heterocycles. The van der Waals surface area contributed by atoms with Crippen LogP contribution in [-0.2, 0) is 4.79 Å². The highest BCUT2D eigenvalue weighted by molar-refractivity contribution is 5.66. The number of aliphatic carboxylic acids is 1.